The van der Waals surface area contributed by atoms with Crippen molar-refractivity contribution in [3.8, 4) is 0 Å². The molecule has 0 atom stereocenters. The minimum Gasteiger partial charge on any atom is -0.478 e. The van der Waals surface area contributed by atoms with Crippen molar-refractivity contribution < 1.29 is 23.1 Å². The lowest BCUT2D eigenvalue weighted by atomic mass is 10.0. The Labute approximate surface area is 124 Å². The number of carboxylic acids is 1. The fourth-order valence-corrected chi connectivity index (χ4v) is 1.90. The van der Waals surface area contributed by atoms with E-state index in [9.17, 15) is 18.0 Å². The average molecular weight is 313 g/mol. The summed E-state index contributed by atoms with van der Waals surface area (Å²) in [7, 11) is -3.30. The molecule has 0 spiro atoms. The molecule has 6 nitrogen and oxygen atoms in total. The van der Waals surface area contributed by atoms with Crippen LogP contribution in [0.15, 0.2) is 24.3 Å². The van der Waals surface area contributed by atoms with Crippen molar-refractivity contribution in [3.63, 3.8) is 0 Å². The minimum absolute atomic E-state index is 0.0279. The maximum absolute atomic E-state index is 11.9. The van der Waals surface area contributed by atoms with Crippen LogP contribution in [0.25, 0.3) is 0 Å². The number of carboxylic acid groups (broad SMARTS) is 1. The largest absolute Gasteiger partial charge is 0.478 e. The maximum Gasteiger partial charge on any atom is 0.335 e. The summed E-state index contributed by atoms with van der Waals surface area (Å²) in [6, 6.07) is 6.21. The third-order valence-electron chi connectivity index (χ3n) is 3.31. The number of carbonyl (C=O) groups is 2. The molecule has 0 unspecified atom stereocenters. The zero-order valence-electron chi connectivity index (χ0n) is 12.2. The molecule has 1 rings (SSSR count). The average Bonchev–Trinajstić information content (AvgIpc) is 2.35. The van der Waals surface area contributed by atoms with E-state index in [-0.39, 0.29) is 18.5 Å². The van der Waals surface area contributed by atoms with Crippen LogP contribution in [0.4, 0.5) is 0 Å². The van der Waals surface area contributed by atoms with Crippen molar-refractivity contribution in [1.29, 1.82) is 0 Å². The molecule has 7 heteroatoms. The molecule has 1 amide bonds. The summed E-state index contributed by atoms with van der Waals surface area (Å²) in [6.07, 6.45) is 1.00. The second kappa shape index (κ2) is 6.26. The predicted molar refractivity (Wildman–Crippen MR) is 79.0 cm³/mol. The number of sulfone groups is 1. The van der Waals surface area contributed by atoms with Crippen LogP contribution in [0.1, 0.15) is 29.8 Å². The second-order valence-electron chi connectivity index (χ2n) is 5.45. The third-order valence-corrected chi connectivity index (χ3v) is 5.47. The Hall–Kier alpha value is -1.89. The number of benzene rings is 1. The van der Waals surface area contributed by atoms with Gasteiger partial charge in [0.1, 0.15) is 0 Å². The molecule has 1 aromatic carbocycles. The van der Waals surface area contributed by atoms with Crippen LogP contribution in [0, 0.1) is 0 Å². The lowest BCUT2D eigenvalue weighted by Gasteiger charge is -2.22. The molecule has 21 heavy (non-hydrogen) atoms. The fraction of sp³-hybridized carbons (Fsp3) is 0.429. The van der Waals surface area contributed by atoms with Crippen LogP contribution >= 0.6 is 0 Å². The lowest BCUT2D eigenvalue weighted by molar-refractivity contribution is -0.120. The molecule has 0 aliphatic carbocycles. The minimum atomic E-state index is -3.30. The Morgan fingerprint density at radius 1 is 1.24 bits per heavy atom. The maximum atomic E-state index is 11.9. The van der Waals surface area contributed by atoms with Crippen molar-refractivity contribution in [3.05, 3.63) is 35.4 Å². The van der Waals surface area contributed by atoms with E-state index in [0.717, 1.165) is 6.26 Å². The highest BCUT2D eigenvalue weighted by atomic mass is 32.2. The first kappa shape index (κ1) is 17.2. The topological polar surface area (TPSA) is 101 Å². The van der Waals surface area contributed by atoms with Gasteiger partial charge >= 0.3 is 5.97 Å². The summed E-state index contributed by atoms with van der Waals surface area (Å²) in [5.74, 6) is -1.52. The Bertz CT molecular complexity index is 649. The molecule has 0 fully saturated rings. The molecule has 0 bridgehead atoms. The Kier molecular flexibility index (Phi) is 5.11. The zero-order valence-corrected chi connectivity index (χ0v) is 13.0. The van der Waals surface area contributed by atoms with Crippen LogP contribution in [-0.2, 0) is 21.1 Å². The number of hydrogen-bond donors (Lipinski definition) is 2. The first-order valence-electron chi connectivity index (χ1n) is 6.32. The number of hydrogen-bond acceptors (Lipinski definition) is 4. The number of nitrogens with one attached hydrogen (secondary N) is 1. The van der Waals surface area contributed by atoms with E-state index in [1.807, 2.05) is 0 Å². The number of rotatable bonds is 6. The van der Waals surface area contributed by atoms with E-state index in [1.54, 1.807) is 18.2 Å². The quantitative estimate of drug-likeness (QED) is 0.811. The molecule has 0 aromatic heterocycles. The Morgan fingerprint density at radius 3 is 2.33 bits per heavy atom. The summed E-state index contributed by atoms with van der Waals surface area (Å²) in [5, 5.41) is 11.6. The predicted octanol–water partition coefficient (Wildman–Crippen LogP) is 0.867. The summed E-state index contributed by atoms with van der Waals surface area (Å²) < 4.78 is 22.0. The Morgan fingerprint density at radius 2 is 1.81 bits per heavy atom. The molecule has 2 N–H and O–H groups in total. The second-order valence-corrected chi connectivity index (χ2v) is 8.10. The fourth-order valence-electron chi connectivity index (χ4n) is 1.56. The molecular weight excluding hydrogens is 294 g/mol. The smallest absolute Gasteiger partial charge is 0.335 e. The molecule has 1 aromatic rings. The van der Waals surface area contributed by atoms with Gasteiger partial charge in [-0.15, -0.1) is 0 Å². The van der Waals surface area contributed by atoms with Gasteiger partial charge in [-0.25, -0.2) is 13.2 Å². The van der Waals surface area contributed by atoms with Crippen molar-refractivity contribution in [2.45, 2.75) is 25.0 Å². The van der Waals surface area contributed by atoms with Crippen molar-refractivity contribution in [2.75, 3.05) is 12.8 Å². The molecule has 0 aliphatic heterocycles. The van der Waals surface area contributed by atoms with E-state index in [4.69, 9.17) is 5.11 Å². The SMILES string of the molecule is CC(C)(CNC(=O)Cc1ccccc1C(=O)O)S(C)(=O)=O. The van der Waals surface area contributed by atoms with E-state index < -0.39 is 26.5 Å². The number of amides is 1. The Balaban J connectivity index is 2.74. The van der Waals surface area contributed by atoms with Gasteiger partial charge in [0.25, 0.3) is 0 Å². The molecule has 0 radical (unpaired) electrons. The van der Waals surface area contributed by atoms with Gasteiger partial charge in [0.2, 0.25) is 5.91 Å². The van der Waals surface area contributed by atoms with Crippen LogP contribution in [0.3, 0.4) is 0 Å². The molecule has 0 aliphatic rings. The summed E-state index contributed by atoms with van der Waals surface area (Å²) in [4.78, 5) is 22.9. The van der Waals surface area contributed by atoms with E-state index >= 15 is 0 Å². The van der Waals surface area contributed by atoms with Gasteiger partial charge in [0, 0.05) is 12.8 Å². The zero-order chi connectivity index (χ0) is 16.3. The number of carbonyl (C=O) groups excluding carboxylic acids is 1. The summed E-state index contributed by atoms with van der Waals surface area (Å²) >= 11 is 0. The first-order chi connectivity index (χ1) is 9.54. The summed E-state index contributed by atoms with van der Waals surface area (Å²) in [6.45, 7) is 3.02. The highest BCUT2D eigenvalue weighted by molar-refractivity contribution is 7.92. The molecule has 0 saturated heterocycles. The van der Waals surface area contributed by atoms with Gasteiger partial charge < -0.3 is 10.4 Å². The highest BCUT2D eigenvalue weighted by Gasteiger charge is 2.30. The normalized spacial score (nSPS) is 12.0. The summed E-state index contributed by atoms with van der Waals surface area (Å²) in [5.41, 5.74) is 0.453. The van der Waals surface area contributed by atoms with Gasteiger partial charge in [-0.2, -0.15) is 0 Å². The van der Waals surface area contributed by atoms with Crippen molar-refractivity contribution >= 4 is 21.7 Å². The molecule has 0 heterocycles. The van der Waals surface area contributed by atoms with Gasteiger partial charge in [0.15, 0.2) is 9.84 Å². The van der Waals surface area contributed by atoms with Crippen LogP contribution in [0.2, 0.25) is 0 Å². The van der Waals surface area contributed by atoms with Gasteiger partial charge in [-0.05, 0) is 25.5 Å². The highest BCUT2D eigenvalue weighted by Crippen LogP contribution is 2.14. The van der Waals surface area contributed by atoms with Gasteiger partial charge in [-0.3, -0.25) is 4.79 Å². The van der Waals surface area contributed by atoms with E-state index in [0.29, 0.717) is 5.56 Å². The standard InChI is InChI=1S/C14H19NO5S/c1-14(2,21(3,19)20)9-15-12(16)8-10-6-4-5-7-11(10)13(17)18/h4-7H,8-9H2,1-3H3,(H,15,16)(H,17,18). The van der Waals surface area contributed by atoms with E-state index in [1.165, 1.54) is 19.9 Å². The van der Waals surface area contributed by atoms with Crippen LogP contribution < -0.4 is 5.32 Å². The van der Waals surface area contributed by atoms with Crippen molar-refractivity contribution in [2.24, 2.45) is 0 Å². The van der Waals surface area contributed by atoms with Gasteiger partial charge in [0.05, 0.1) is 16.7 Å². The number of aromatic carboxylic acids is 1. The lowest BCUT2D eigenvalue weighted by Crippen LogP contribution is -2.44. The van der Waals surface area contributed by atoms with E-state index in [2.05, 4.69) is 5.32 Å². The molecular formula is C14H19NO5S. The first-order valence-corrected chi connectivity index (χ1v) is 8.21. The monoisotopic (exact) mass is 313 g/mol. The molecule has 0 saturated carbocycles. The van der Waals surface area contributed by atoms with Gasteiger partial charge in [-0.1, -0.05) is 18.2 Å². The molecule has 116 valence electrons. The van der Waals surface area contributed by atoms with Crippen LogP contribution in [0.5, 0.6) is 0 Å². The van der Waals surface area contributed by atoms with Crippen molar-refractivity contribution in [1.82, 2.24) is 5.32 Å². The third kappa shape index (κ3) is 4.56. The van der Waals surface area contributed by atoms with Crippen LogP contribution in [-0.4, -0.2) is 42.9 Å².